The molecule has 0 fully saturated rings. The summed E-state index contributed by atoms with van der Waals surface area (Å²) in [6, 6.07) is 20.0. The van der Waals surface area contributed by atoms with Gasteiger partial charge in [-0.3, -0.25) is 29.0 Å². The number of ether oxygens (including phenoxy) is 1. The smallest absolute Gasteiger partial charge is 0.261 e. The third-order valence-electron chi connectivity index (χ3n) is 10.4. The fraction of sp³-hybridized carbons (Fsp3) is 0.268. The van der Waals surface area contributed by atoms with Crippen molar-refractivity contribution in [3.8, 4) is 5.75 Å². The number of nitrogens with zero attached hydrogens (tertiary/aromatic N) is 2. The number of hydrogen-bond acceptors (Lipinski definition) is 5. The Morgan fingerprint density at radius 2 is 1.00 bits per heavy atom. The van der Waals surface area contributed by atoms with Crippen LogP contribution in [0.3, 0.4) is 0 Å². The van der Waals surface area contributed by atoms with E-state index in [4.69, 9.17) is 4.74 Å². The molecule has 1 atom stereocenters. The van der Waals surface area contributed by atoms with Crippen molar-refractivity contribution >= 4 is 98.6 Å². The van der Waals surface area contributed by atoms with Gasteiger partial charge in [-0.15, -0.1) is 0 Å². The second-order valence-corrected chi connectivity index (χ2v) is 15.5. The number of benzene rings is 6. The monoisotopic (exact) mass is 792 g/mol. The van der Waals surface area contributed by atoms with Crippen LogP contribution in [0.1, 0.15) is 88.4 Å². The van der Waals surface area contributed by atoms with E-state index in [2.05, 4.69) is 45.7 Å². The Hall–Kier alpha value is -4.34. The van der Waals surface area contributed by atoms with Crippen LogP contribution in [0.5, 0.6) is 5.75 Å². The second kappa shape index (κ2) is 12.2. The maximum atomic E-state index is 14.4. The third kappa shape index (κ3) is 4.73. The standard InChI is InChI=1S/C41H34Br2N2O5/c1-5-22(6-2)44-38(46)28-12-8-24-26-10-14-30-37-31(15-11-27(35(26)37)25-9-13-29(39(44)47)36(28)34(24)25)41(49)45(40(30)48)23(17-20(3)4)19-50-33-16-7-21(42)18-32(33)43/h7-16,18,20,22-23H,5-6,17,19H2,1-4H3/t23-/m0/s1. The van der Waals surface area contributed by atoms with E-state index in [1.807, 2.05) is 80.6 Å². The van der Waals surface area contributed by atoms with Crippen LogP contribution in [-0.4, -0.2) is 52.1 Å². The molecule has 0 N–H and O–H groups in total. The Kier molecular flexibility index (Phi) is 7.99. The quantitative estimate of drug-likeness (QED) is 0.0827. The molecule has 0 bridgehead atoms. The first kappa shape index (κ1) is 32.8. The van der Waals surface area contributed by atoms with Gasteiger partial charge >= 0.3 is 0 Å². The summed E-state index contributed by atoms with van der Waals surface area (Å²) in [5, 5.41) is 6.49. The molecule has 0 spiro atoms. The van der Waals surface area contributed by atoms with Crippen LogP contribution in [0.25, 0.3) is 43.1 Å². The number of imide groups is 2. The zero-order chi connectivity index (χ0) is 35.2. The number of carbonyl (C=O) groups is 4. The highest BCUT2D eigenvalue weighted by Gasteiger charge is 2.40. The molecule has 0 radical (unpaired) electrons. The van der Waals surface area contributed by atoms with Crippen LogP contribution in [0.2, 0.25) is 0 Å². The largest absolute Gasteiger partial charge is 0.490 e. The van der Waals surface area contributed by atoms with Gasteiger partial charge in [-0.2, -0.15) is 0 Å². The average Bonchev–Trinajstić information content (AvgIpc) is 3.09. The Labute approximate surface area is 306 Å². The van der Waals surface area contributed by atoms with Crippen molar-refractivity contribution in [2.24, 2.45) is 5.92 Å². The van der Waals surface area contributed by atoms with Gasteiger partial charge in [0.05, 0.1) is 10.5 Å². The minimum atomic E-state index is -0.493. The molecule has 0 unspecified atom stereocenters. The van der Waals surface area contributed by atoms with E-state index in [0.717, 1.165) is 41.3 Å². The number of rotatable bonds is 9. The van der Waals surface area contributed by atoms with Crippen LogP contribution >= 0.6 is 31.9 Å². The van der Waals surface area contributed by atoms with Crippen molar-refractivity contribution in [2.45, 2.75) is 59.0 Å². The molecule has 0 aliphatic carbocycles. The van der Waals surface area contributed by atoms with E-state index in [1.165, 1.54) is 9.80 Å². The molecule has 7 nitrogen and oxygen atoms in total. The Bertz CT molecular complexity index is 2330. The van der Waals surface area contributed by atoms with Crippen LogP contribution in [0.4, 0.5) is 0 Å². The van der Waals surface area contributed by atoms with Crippen LogP contribution in [-0.2, 0) is 0 Å². The lowest BCUT2D eigenvalue weighted by atomic mass is 9.81. The van der Waals surface area contributed by atoms with E-state index in [1.54, 1.807) is 0 Å². The first-order chi connectivity index (χ1) is 24.0. The van der Waals surface area contributed by atoms with Gasteiger partial charge in [-0.05, 0) is 116 Å². The molecule has 2 heterocycles. The van der Waals surface area contributed by atoms with Gasteiger partial charge in [-0.1, -0.05) is 67.9 Å². The van der Waals surface area contributed by atoms with Crippen molar-refractivity contribution in [3.63, 3.8) is 0 Å². The molecule has 50 heavy (non-hydrogen) atoms. The predicted molar refractivity (Wildman–Crippen MR) is 204 cm³/mol. The molecule has 252 valence electrons. The van der Waals surface area contributed by atoms with Gasteiger partial charge in [0.25, 0.3) is 23.6 Å². The zero-order valence-corrected chi connectivity index (χ0v) is 31.3. The molecule has 2 aliphatic rings. The van der Waals surface area contributed by atoms with E-state index in [-0.39, 0.29) is 42.2 Å². The normalized spacial score (nSPS) is 15.3. The topological polar surface area (TPSA) is 84.0 Å². The highest BCUT2D eigenvalue weighted by molar-refractivity contribution is 9.11. The Balaban J connectivity index is 1.28. The highest BCUT2D eigenvalue weighted by Crippen LogP contribution is 2.47. The predicted octanol–water partition coefficient (Wildman–Crippen LogP) is 10.1. The molecule has 0 aromatic heterocycles. The molecule has 6 aromatic carbocycles. The molecular formula is C41H34Br2N2O5. The van der Waals surface area contributed by atoms with Crippen molar-refractivity contribution in [3.05, 3.63) is 97.9 Å². The number of hydrogen-bond donors (Lipinski definition) is 0. The number of amides is 4. The van der Waals surface area contributed by atoms with E-state index in [0.29, 0.717) is 58.0 Å². The van der Waals surface area contributed by atoms with Gasteiger partial charge in [0.1, 0.15) is 12.4 Å². The summed E-state index contributed by atoms with van der Waals surface area (Å²) in [6.45, 7) is 8.28. The summed E-state index contributed by atoms with van der Waals surface area (Å²) in [6.07, 6.45) is 1.95. The SMILES string of the molecule is CCC(CC)N1C(=O)c2ccc3c4ccc5c6c(ccc(c7ccc(c2c37)C1=O)c64)C(=O)N([C@H](COc1ccc(Br)cc1Br)CC(C)C)C5=O. The maximum Gasteiger partial charge on any atom is 0.261 e. The molecule has 8 rings (SSSR count). The van der Waals surface area contributed by atoms with Gasteiger partial charge < -0.3 is 4.74 Å². The van der Waals surface area contributed by atoms with Crippen molar-refractivity contribution in [2.75, 3.05) is 6.61 Å². The minimum absolute atomic E-state index is 0.150. The van der Waals surface area contributed by atoms with Crippen molar-refractivity contribution < 1.29 is 23.9 Å². The summed E-state index contributed by atoms with van der Waals surface area (Å²) < 4.78 is 7.89. The maximum absolute atomic E-state index is 14.4. The lowest BCUT2D eigenvalue weighted by Gasteiger charge is -2.35. The molecular weight excluding hydrogens is 760 g/mol. The van der Waals surface area contributed by atoms with Gasteiger partial charge in [0, 0.05) is 43.5 Å². The van der Waals surface area contributed by atoms with Gasteiger partial charge in [0.15, 0.2) is 0 Å². The first-order valence-electron chi connectivity index (χ1n) is 17.1. The van der Waals surface area contributed by atoms with E-state index in [9.17, 15) is 19.2 Å². The summed E-state index contributed by atoms with van der Waals surface area (Å²) in [4.78, 5) is 59.4. The summed E-state index contributed by atoms with van der Waals surface area (Å²) in [5.41, 5.74) is 1.99. The lowest BCUT2D eigenvalue weighted by molar-refractivity contribution is 0.0458. The second-order valence-electron chi connectivity index (χ2n) is 13.7. The minimum Gasteiger partial charge on any atom is -0.490 e. The van der Waals surface area contributed by atoms with E-state index < -0.39 is 6.04 Å². The molecule has 6 aromatic rings. The number of carbonyl (C=O) groups excluding carboxylic acids is 4. The molecule has 2 aliphatic heterocycles. The molecule has 0 saturated carbocycles. The van der Waals surface area contributed by atoms with Crippen molar-refractivity contribution in [1.82, 2.24) is 9.80 Å². The first-order valence-corrected chi connectivity index (χ1v) is 18.7. The van der Waals surface area contributed by atoms with Crippen LogP contribution < -0.4 is 4.74 Å². The summed E-state index contributed by atoms with van der Waals surface area (Å²) in [7, 11) is 0. The zero-order valence-electron chi connectivity index (χ0n) is 28.1. The van der Waals surface area contributed by atoms with Gasteiger partial charge in [-0.25, -0.2) is 0 Å². The van der Waals surface area contributed by atoms with Crippen LogP contribution in [0.15, 0.2) is 75.7 Å². The summed E-state index contributed by atoms with van der Waals surface area (Å²) in [5.74, 6) is -0.385. The fourth-order valence-corrected chi connectivity index (χ4v) is 9.35. The fourth-order valence-electron chi connectivity index (χ4n) is 8.19. The Morgan fingerprint density at radius 1 is 0.580 bits per heavy atom. The van der Waals surface area contributed by atoms with Crippen molar-refractivity contribution in [1.29, 1.82) is 0 Å². The summed E-state index contributed by atoms with van der Waals surface area (Å²) >= 11 is 7.02. The van der Waals surface area contributed by atoms with E-state index >= 15 is 0 Å². The molecule has 9 heteroatoms. The number of halogens is 2. The lowest BCUT2D eigenvalue weighted by Crippen LogP contribution is -2.50. The van der Waals surface area contributed by atoms with Crippen LogP contribution in [0, 0.1) is 5.92 Å². The average molecular weight is 795 g/mol. The van der Waals surface area contributed by atoms with Gasteiger partial charge in [0.2, 0.25) is 0 Å². The molecule has 4 amide bonds. The third-order valence-corrected chi connectivity index (χ3v) is 11.6. The highest BCUT2D eigenvalue weighted by atomic mass is 79.9. The number of fused-ring (bicyclic) bond motifs is 2. The Morgan fingerprint density at radius 3 is 1.38 bits per heavy atom. The molecule has 0 saturated heterocycles.